The summed E-state index contributed by atoms with van der Waals surface area (Å²) in [6.45, 7) is 8.57. The number of nitrogens with zero attached hydrogens (tertiary/aromatic N) is 1. The van der Waals surface area contributed by atoms with Gasteiger partial charge in [-0.05, 0) is 43.6 Å². The summed E-state index contributed by atoms with van der Waals surface area (Å²) in [6.07, 6.45) is 4.74. The van der Waals surface area contributed by atoms with Crippen molar-refractivity contribution in [2.45, 2.75) is 39.5 Å². The number of likely N-dealkylation sites (tertiary alicyclic amines) is 1. The molecular weight excluding hydrogens is 266 g/mol. The molecule has 0 saturated carbocycles. The van der Waals surface area contributed by atoms with Crippen molar-refractivity contribution < 1.29 is 5.11 Å². The maximum atomic E-state index is 8.96. The number of rotatable bonds is 7. The van der Waals surface area contributed by atoms with Gasteiger partial charge in [0.25, 0.3) is 0 Å². The Balaban J connectivity index is 2.42. The van der Waals surface area contributed by atoms with Gasteiger partial charge >= 0.3 is 0 Å². The number of hydrogen-bond acceptors (Lipinski definition) is 2. The average molecular weight is 292 g/mol. The Labute approximate surface area is 109 Å². The fourth-order valence-corrected chi connectivity index (χ4v) is 3.62. The second-order valence-corrected chi connectivity index (χ2v) is 5.80. The minimum Gasteiger partial charge on any atom is -0.396 e. The molecule has 1 aliphatic rings. The van der Waals surface area contributed by atoms with E-state index in [4.69, 9.17) is 5.11 Å². The van der Waals surface area contributed by atoms with Gasteiger partial charge in [0.2, 0.25) is 0 Å². The third-order valence-electron chi connectivity index (χ3n) is 4.25. The average Bonchev–Trinajstić information content (AvgIpc) is 2.74. The molecule has 1 atom stereocenters. The molecule has 16 heavy (non-hydrogen) atoms. The van der Waals surface area contributed by atoms with Crippen LogP contribution >= 0.6 is 15.9 Å². The van der Waals surface area contributed by atoms with Crippen LogP contribution in [0.3, 0.4) is 0 Å². The van der Waals surface area contributed by atoms with E-state index in [1.54, 1.807) is 0 Å². The number of aliphatic hydroxyl groups excluding tert-OH is 1. The first kappa shape index (κ1) is 14.5. The molecule has 1 rings (SSSR count). The molecule has 3 heteroatoms. The number of hydrogen-bond donors (Lipinski definition) is 1. The van der Waals surface area contributed by atoms with Gasteiger partial charge in [0.05, 0.1) is 0 Å². The summed E-state index contributed by atoms with van der Waals surface area (Å²) < 4.78 is 0. The van der Waals surface area contributed by atoms with Gasteiger partial charge in [-0.15, -0.1) is 0 Å². The quantitative estimate of drug-likeness (QED) is 0.729. The van der Waals surface area contributed by atoms with Gasteiger partial charge in [-0.3, -0.25) is 0 Å². The lowest BCUT2D eigenvalue weighted by Crippen LogP contribution is -2.37. The van der Waals surface area contributed by atoms with E-state index < -0.39 is 0 Å². The molecule has 0 aromatic heterocycles. The molecule has 1 aliphatic heterocycles. The SMILES string of the molecule is CCC(CC)(CBr)CN1CCC(CCO)C1. The third-order valence-corrected chi connectivity index (χ3v) is 5.44. The van der Waals surface area contributed by atoms with Gasteiger partial charge in [0, 0.05) is 25.0 Å². The molecule has 0 spiro atoms. The minimum absolute atomic E-state index is 0.351. The second-order valence-electron chi connectivity index (χ2n) is 5.24. The highest BCUT2D eigenvalue weighted by molar-refractivity contribution is 9.09. The molecule has 1 unspecified atom stereocenters. The topological polar surface area (TPSA) is 23.5 Å². The van der Waals surface area contributed by atoms with Crippen molar-refractivity contribution in [2.24, 2.45) is 11.3 Å². The Morgan fingerprint density at radius 3 is 2.56 bits per heavy atom. The lowest BCUT2D eigenvalue weighted by Gasteiger charge is -2.34. The van der Waals surface area contributed by atoms with Gasteiger partial charge < -0.3 is 10.0 Å². The van der Waals surface area contributed by atoms with E-state index in [0.717, 1.165) is 17.7 Å². The molecule has 1 heterocycles. The highest BCUT2D eigenvalue weighted by Gasteiger charge is 2.31. The van der Waals surface area contributed by atoms with Gasteiger partial charge in [-0.1, -0.05) is 29.8 Å². The van der Waals surface area contributed by atoms with Crippen molar-refractivity contribution in [3.8, 4) is 0 Å². The summed E-state index contributed by atoms with van der Waals surface area (Å²) in [4.78, 5) is 2.59. The molecule has 0 aromatic rings. The molecule has 1 saturated heterocycles. The van der Waals surface area contributed by atoms with Gasteiger partial charge in [0.15, 0.2) is 0 Å². The van der Waals surface area contributed by atoms with Crippen LogP contribution in [0.15, 0.2) is 0 Å². The molecule has 1 N–H and O–H groups in total. The minimum atomic E-state index is 0.351. The fourth-order valence-electron chi connectivity index (χ4n) is 2.65. The van der Waals surface area contributed by atoms with Crippen molar-refractivity contribution in [1.29, 1.82) is 0 Å². The third kappa shape index (κ3) is 3.71. The van der Waals surface area contributed by atoms with E-state index >= 15 is 0 Å². The van der Waals surface area contributed by atoms with Crippen LogP contribution in [0.4, 0.5) is 0 Å². The Bertz CT molecular complexity index is 186. The zero-order valence-electron chi connectivity index (χ0n) is 10.7. The normalized spacial score (nSPS) is 22.9. The first-order valence-electron chi connectivity index (χ1n) is 6.59. The first-order valence-corrected chi connectivity index (χ1v) is 7.71. The van der Waals surface area contributed by atoms with Crippen molar-refractivity contribution in [3.05, 3.63) is 0 Å². The van der Waals surface area contributed by atoms with Crippen molar-refractivity contribution in [1.82, 2.24) is 4.90 Å². The van der Waals surface area contributed by atoms with Crippen LogP contribution in [0.25, 0.3) is 0 Å². The molecular formula is C13H26BrNO. The summed E-state index contributed by atoms with van der Waals surface area (Å²) in [5.41, 5.74) is 0.452. The van der Waals surface area contributed by atoms with Crippen LogP contribution in [0, 0.1) is 11.3 Å². The molecule has 0 radical (unpaired) electrons. The van der Waals surface area contributed by atoms with Crippen LogP contribution in [0.1, 0.15) is 39.5 Å². The number of halogens is 1. The lowest BCUT2D eigenvalue weighted by molar-refractivity contribution is 0.176. The zero-order chi connectivity index (χ0) is 12.0. The maximum absolute atomic E-state index is 8.96. The van der Waals surface area contributed by atoms with Gasteiger partial charge in [-0.25, -0.2) is 0 Å². The predicted octanol–water partition coefficient (Wildman–Crippen LogP) is 2.89. The molecule has 0 amide bonds. The van der Waals surface area contributed by atoms with Crippen molar-refractivity contribution in [2.75, 3.05) is 31.6 Å². The number of alkyl halides is 1. The molecule has 2 nitrogen and oxygen atoms in total. The summed E-state index contributed by atoms with van der Waals surface area (Å²) in [5.74, 6) is 0.728. The zero-order valence-corrected chi connectivity index (χ0v) is 12.3. The lowest BCUT2D eigenvalue weighted by atomic mass is 9.84. The summed E-state index contributed by atoms with van der Waals surface area (Å²) in [5, 5.41) is 10.1. The van der Waals surface area contributed by atoms with E-state index in [2.05, 4.69) is 34.7 Å². The standard InChI is InChI=1S/C13H26BrNO/c1-3-13(4-2,10-14)11-15-7-5-12(9-15)6-8-16/h12,16H,3-11H2,1-2H3. The van der Waals surface area contributed by atoms with E-state index in [-0.39, 0.29) is 0 Å². The largest absolute Gasteiger partial charge is 0.396 e. The molecule has 0 bridgehead atoms. The Hall–Kier alpha value is 0.400. The first-order chi connectivity index (χ1) is 7.69. The van der Waals surface area contributed by atoms with Crippen LogP contribution in [-0.2, 0) is 0 Å². The van der Waals surface area contributed by atoms with E-state index in [0.29, 0.717) is 12.0 Å². The van der Waals surface area contributed by atoms with Crippen LogP contribution in [0.5, 0.6) is 0 Å². The smallest absolute Gasteiger partial charge is 0.0434 e. The van der Waals surface area contributed by atoms with Crippen LogP contribution in [-0.4, -0.2) is 41.6 Å². The Kier molecular flexibility index (Phi) is 6.30. The fraction of sp³-hybridized carbons (Fsp3) is 1.00. The molecule has 0 aromatic carbocycles. The predicted molar refractivity (Wildman–Crippen MR) is 73.1 cm³/mol. The van der Waals surface area contributed by atoms with Gasteiger partial charge in [-0.2, -0.15) is 0 Å². The van der Waals surface area contributed by atoms with E-state index in [9.17, 15) is 0 Å². The van der Waals surface area contributed by atoms with Crippen LogP contribution in [0.2, 0.25) is 0 Å². The molecule has 96 valence electrons. The molecule has 0 aliphatic carbocycles. The summed E-state index contributed by atoms with van der Waals surface area (Å²) >= 11 is 3.68. The molecule has 1 fully saturated rings. The monoisotopic (exact) mass is 291 g/mol. The maximum Gasteiger partial charge on any atom is 0.0434 e. The summed E-state index contributed by atoms with van der Waals surface area (Å²) in [7, 11) is 0. The summed E-state index contributed by atoms with van der Waals surface area (Å²) in [6, 6.07) is 0. The Morgan fingerprint density at radius 2 is 2.06 bits per heavy atom. The highest BCUT2D eigenvalue weighted by atomic mass is 79.9. The van der Waals surface area contributed by atoms with Crippen molar-refractivity contribution >= 4 is 15.9 Å². The Morgan fingerprint density at radius 1 is 1.38 bits per heavy atom. The van der Waals surface area contributed by atoms with E-state index in [1.165, 1.54) is 38.9 Å². The van der Waals surface area contributed by atoms with Crippen LogP contribution < -0.4 is 0 Å². The second kappa shape index (κ2) is 6.97. The number of aliphatic hydroxyl groups is 1. The van der Waals surface area contributed by atoms with E-state index in [1.807, 2.05) is 0 Å². The highest BCUT2D eigenvalue weighted by Crippen LogP contribution is 2.32. The van der Waals surface area contributed by atoms with Crippen molar-refractivity contribution in [3.63, 3.8) is 0 Å². The van der Waals surface area contributed by atoms with Gasteiger partial charge in [0.1, 0.15) is 0 Å².